The number of nitrogens with zero attached hydrogens (tertiary/aromatic N) is 1. The highest BCUT2D eigenvalue weighted by molar-refractivity contribution is 5.89. The Morgan fingerprint density at radius 1 is 1.16 bits per heavy atom. The van der Waals surface area contributed by atoms with Gasteiger partial charge in [-0.1, -0.05) is 44.4 Å². The Balaban J connectivity index is 1.79. The summed E-state index contributed by atoms with van der Waals surface area (Å²) in [6.45, 7) is 10.5. The van der Waals surface area contributed by atoms with E-state index in [0.29, 0.717) is 24.3 Å². The van der Waals surface area contributed by atoms with Crippen LogP contribution in [0.5, 0.6) is 11.5 Å². The molecule has 1 saturated heterocycles. The number of ether oxygens (including phenoxy) is 1. The van der Waals surface area contributed by atoms with E-state index in [1.54, 1.807) is 12.1 Å². The van der Waals surface area contributed by atoms with Crippen LogP contribution < -0.4 is 0 Å². The van der Waals surface area contributed by atoms with Crippen LogP contribution in [0.25, 0.3) is 0 Å². The van der Waals surface area contributed by atoms with E-state index in [4.69, 9.17) is 4.74 Å². The molecule has 0 spiro atoms. The van der Waals surface area contributed by atoms with Crippen molar-refractivity contribution in [1.29, 1.82) is 0 Å². The van der Waals surface area contributed by atoms with E-state index in [0.717, 1.165) is 69.2 Å². The van der Waals surface area contributed by atoms with Gasteiger partial charge in [0, 0.05) is 30.1 Å². The summed E-state index contributed by atoms with van der Waals surface area (Å²) in [5, 5.41) is 21.7. The third kappa shape index (κ3) is 6.16. The van der Waals surface area contributed by atoms with Gasteiger partial charge in [0.1, 0.15) is 18.2 Å². The van der Waals surface area contributed by atoms with Crippen LogP contribution in [0.2, 0.25) is 0 Å². The SMILES string of the molecule is C=C(C)[C@@H]1CCC(C(=O)OCN2CCCCC2)=C[C@H]1c1c(O)cc(CCCCC)cc1O. The van der Waals surface area contributed by atoms with Gasteiger partial charge in [0.2, 0.25) is 0 Å². The third-order valence-corrected chi connectivity index (χ3v) is 6.86. The fourth-order valence-corrected chi connectivity index (χ4v) is 4.99. The minimum atomic E-state index is -0.302. The summed E-state index contributed by atoms with van der Waals surface area (Å²) in [7, 11) is 0. The van der Waals surface area contributed by atoms with E-state index in [1.165, 1.54) is 6.42 Å². The molecule has 1 heterocycles. The summed E-state index contributed by atoms with van der Waals surface area (Å²) in [5.41, 5.74) is 3.02. The zero-order valence-corrected chi connectivity index (χ0v) is 19.7. The first kappa shape index (κ1) is 24.4. The van der Waals surface area contributed by atoms with Crippen LogP contribution in [-0.2, 0) is 16.0 Å². The van der Waals surface area contributed by atoms with Crippen molar-refractivity contribution in [2.24, 2.45) is 5.92 Å². The summed E-state index contributed by atoms with van der Waals surface area (Å²) < 4.78 is 5.61. The van der Waals surface area contributed by atoms with Gasteiger partial charge in [-0.3, -0.25) is 4.90 Å². The van der Waals surface area contributed by atoms with Crippen molar-refractivity contribution in [3.8, 4) is 11.5 Å². The number of unbranched alkanes of at least 4 members (excludes halogenated alkanes) is 2. The number of carbonyl (C=O) groups is 1. The number of hydrogen-bond acceptors (Lipinski definition) is 5. The second kappa shape index (κ2) is 11.6. The molecule has 2 atom stereocenters. The average Bonchev–Trinajstić information content (AvgIpc) is 2.77. The molecule has 1 aromatic carbocycles. The van der Waals surface area contributed by atoms with Crippen LogP contribution >= 0.6 is 0 Å². The first-order valence-electron chi connectivity index (χ1n) is 12.2. The number of esters is 1. The number of rotatable bonds is 9. The first-order valence-corrected chi connectivity index (χ1v) is 12.2. The molecular weight excluding hydrogens is 402 g/mol. The van der Waals surface area contributed by atoms with Gasteiger partial charge in [-0.2, -0.15) is 0 Å². The van der Waals surface area contributed by atoms with Crippen LogP contribution in [0, 0.1) is 5.92 Å². The van der Waals surface area contributed by atoms with Crippen LogP contribution in [0.15, 0.2) is 35.9 Å². The van der Waals surface area contributed by atoms with Crippen LogP contribution in [0.3, 0.4) is 0 Å². The number of allylic oxidation sites excluding steroid dienone is 2. The zero-order valence-electron chi connectivity index (χ0n) is 19.7. The monoisotopic (exact) mass is 441 g/mol. The lowest BCUT2D eigenvalue weighted by Gasteiger charge is -2.32. The van der Waals surface area contributed by atoms with E-state index >= 15 is 0 Å². The Kier molecular flexibility index (Phi) is 8.80. The molecule has 1 aliphatic heterocycles. The highest BCUT2D eigenvalue weighted by Crippen LogP contribution is 2.46. The second-order valence-corrected chi connectivity index (χ2v) is 9.45. The van der Waals surface area contributed by atoms with Gasteiger partial charge in [-0.05, 0) is 69.1 Å². The molecule has 0 aromatic heterocycles. The summed E-state index contributed by atoms with van der Waals surface area (Å²) in [6, 6.07) is 3.52. The highest BCUT2D eigenvalue weighted by Gasteiger charge is 2.33. The summed E-state index contributed by atoms with van der Waals surface area (Å²) in [5.74, 6) is -0.366. The Morgan fingerprint density at radius 2 is 1.84 bits per heavy atom. The van der Waals surface area contributed by atoms with Gasteiger partial charge in [0.05, 0.1) is 0 Å². The maximum absolute atomic E-state index is 12.8. The molecule has 0 radical (unpaired) electrons. The molecular formula is C27H39NO4. The number of aryl methyl sites for hydroxylation is 1. The lowest BCUT2D eigenvalue weighted by Crippen LogP contribution is -2.33. The van der Waals surface area contributed by atoms with Crippen molar-refractivity contribution in [3.63, 3.8) is 0 Å². The molecule has 1 aliphatic carbocycles. The summed E-state index contributed by atoms with van der Waals surface area (Å²) in [6.07, 6.45) is 10.9. The number of phenolic OH excluding ortho intramolecular Hbond substituents is 2. The maximum atomic E-state index is 12.8. The van der Waals surface area contributed by atoms with E-state index < -0.39 is 0 Å². The van der Waals surface area contributed by atoms with Crippen molar-refractivity contribution in [1.82, 2.24) is 4.90 Å². The minimum absolute atomic E-state index is 0.0522. The molecule has 176 valence electrons. The van der Waals surface area contributed by atoms with Gasteiger partial charge in [-0.15, -0.1) is 0 Å². The topological polar surface area (TPSA) is 70.0 Å². The number of piperidine rings is 1. The molecule has 0 amide bonds. The Labute approximate surface area is 192 Å². The quantitative estimate of drug-likeness (QED) is 0.287. The predicted octanol–water partition coefficient (Wildman–Crippen LogP) is 5.81. The Bertz CT molecular complexity index is 815. The predicted molar refractivity (Wildman–Crippen MR) is 128 cm³/mol. The van der Waals surface area contributed by atoms with Gasteiger partial charge < -0.3 is 14.9 Å². The van der Waals surface area contributed by atoms with Crippen molar-refractivity contribution >= 4 is 5.97 Å². The largest absolute Gasteiger partial charge is 0.507 e. The Hall–Kier alpha value is -2.27. The zero-order chi connectivity index (χ0) is 23.1. The molecule has 5 nitrogen and oxygen atoms in total. The van der Waals surface area contributed by atoms with Crippen molar-refractivity contribution < 1.29 is 19.7 Å². The van der Waals surface area contributed by atoms with E-state index in [9.17, 15) is 15.0 Å². The van der Waals surface area contributed by atoms with Crippen LogP contribution in [0.1, 0.15) is 82.3 Å². The van der Waals surface area contributed by atoms with Crippen molar-refractivity contribution in [3.05, 3.63) is 47.1 Å². The number of aromatic hydroxyl groups is 2. The van der Waals surface area contributed by atoms with Gasteiger partial charge >= 0.3 is 5.97 Å². The van der Waals surface area contributed by atoms with E-state index in [2.05, 4.69) is 18.4 Å². The molecule has 1 fully saturated rings. The van der Waals surface area contributed by atoms with Crippen molar-refractivity contribution in [2.45, 2.75) is 77.6 Å². The lowest BCUT2D eigenvalue weighted by molar-refractivity contribution is -0.144. The number of carbonyl (C=O) groups excluding carboxylic acids is 1. The molecule has 1 aromatic rings. The molecule has 2 N–H and O–H groups in total. The number of phenols is 2. The number of benzene rings is 1. The molecule has 0 unspecified atom stereocenters. The highest BCUT2D eigenvalue weighted by atomic mass is 16.5. The van der Waals surface area contributed by atoms with Gasteiger partial charge in [0.25, 0.3) is 0 Å². The molecule has 0 bridgehead atoms. The third-order valence-electron chi connectivity index (χ3n) is 6.86. The average molecular weight is 442 g/mol. The summed E-state index contributed by atoms with van der Waals surface area (Å²) >= 11 is 0. The molecule has 3 rings (SSSR count). The van der Waals surface area contributed by atoms with Gasteiger partial charge in [-0.25, -0.2) is 4.79 Å². The fourth-order valence-electron chi connectivity index (χ4n) is 4.99. The number of likely N-dealkylation sites (tertiary alicyclic amines) is 1. The Morgan fingerprint density at radius 3 is 2.47 bits per heavy atom. The van der Waals surface area contributed by atoms with Crippen LogP contribution in [-0.4, -0.2) is 40.9 Å². The fraction of sp³-hybridized carbons (Fsp3) is 0.593. The molecule has 5 heteroatoms. The standard InChI is InChI=1S/C27H39NO4/c1-4-5-7-10-20-15-24(29)26(25(30)16-20)23-17-21(11-12-22(23)19(2)3)27(31)32-18-28-13-8-6-9-14-28/h15-17,22-23,29-30H,2,4-14,18H2,1,3H3/t22-,23+/m0/s1. The smallest absolute Gasteiger partial charge is 0.335 e. The maximum Gasteiger partial charge on any atom is 0.335 e. The normalized spacial score (nSPS) is 21.8. The van der Waals surface area contributed by atoms with E-state index in [1.807, 2.05) is 13.0 Å². The molecule has 2 aliphatic rings. The van der Waals surface area contributed by atoms with Gasteiger partial charge in [0.15, 0.2) is 0 Å². The lowest BCUT2D eigenvalue weighted by atomic mass is 9.73. The van der Waals surface area contributed by atoms with E-state index in [-0.39, 0.29) is 29.3 Å². The first-order chi connectivity index (χ1) is 15.4. The summed E-state index contributed by atoms with van der Waals surface area (Å²) in [4.78, 5) is 15.0. The second-order valence-electron chi connectivity index (χ2n) is 9.45. The van der Waals surface area contributed by atoms with Crippen molar-refractivity contribution in [2.75, 3.05) is 19.8 Å². The molecule has 0 saturated carbocycles. The minimum Gasteiger partial charge on any atom is -0.507 e. The molecule has 32 heavy (non-hydrogen) atoms. The van der Waals surface area contributed by atoms with Crippen LogP contribution in [0.4, 0.5) is 0 Å². The number of hydrogen-bond donors (Lipinski definition) is 2.